The van der Waals surface area contributed by atoms with Crippen molar-refractivity contribution in [1.82, 2.24) is 5.32 Å². The van der Waals surface area contributed by atoms with Crippen LogP contribution in [0.25, 0.3) is 6.08 Å². The number of halogens is 5. The monoisotopic (exact) mass is 733 g/mol. The van der Waals surface area contributed by atoms with Crippen LogP contribution in [0.5, 0.6) is 11.5 Å². The molecule has 9 nitrogen and oxygen atoms in total. The van der Waals surface area contributed by atoms with Crippen LogP contribution in [0, 0.1) is 3.57 Å². The van der Waals surface area contributed by atoms with Gasteiger partial charge >= 0.3 is 6.03 Å². The Bertz CT molecular complexity index is 1600. The molecule has 0 radical (unpaired) electrons. The van der Waals surface area contributed by atoms with E-state index in [1.165, 1.54) is 43.5 Å². The van der Waals surface area contributed by atoms with Crippen LogP contribution < -0.4 is 25.0 Å². The molecule has 0 atom stereocenters. The Morgan fingerprint density at radius 2 is 1.65 bits per heavy atom. The Kier molecular flexibility index (Phi) is 9.47. The predicted octanol–water partition coefficient (Wildman–Crippen LogP) is 6.60. The smallest absolute Gasteiger partial charge is 0.335 e. The molecule has 14 heteroatoms. The van der Waals surface area contributed by atoms with Gasteiger partial charge in [-0.05, 0) is 82.8 Å². The fraction of sp³-hybridized carbons (Fsp3) is 0.0769. The maximum absolute atomic E-state index is 13.2. The summed E-state index contributed by atoms with van der Waals surface area (Å²) in [7, 11) is 1.40. The van der Waals surface area contributed by atoms with Crippen LogP contribution in [0.4, 0.5) is 16.2 Å². The average Bonchev–Trinajstić information content (AvgIpc) is 2.89. The number of imide groups is 2. The van der Waals surface area contributed by atoms with Crippen LogP contribution in [-0.4, -0.2) is 37.5 Å². The van der Waals surface area contributed by atoms with Crippen LogP contribution in [0.15, 0.2) is 54.1 Å². The molecule has 0 unspecified atom stereocenters. The topological polar surface area (TPSA) is 114 Å². The van der Waals surface area contributed by atoms with Gasteiger partial charge in [-0.1, -0.05) is 46.4 Å². The first-order chi connectivity index (χ1) is 19.0. The van der Waals surface area contributed by atoms with E-state index >= 15 is 0 Å². The molecule has 5 amide bonds. The molecule has 1 fully saturated rings. The molecule has 206 valence electrons. The predicted molar refractivity (Wildman–Crippen MR) is 162 cm³/mol. The van der Waals surface area contributed by atoms with Gasteiger partial charge in [0.05, 0.1) is 36.5 Å². The highest BCUT2D eigenvalue weighted by molar-refractivity contribution is 14.1. The molecule has 3 aromatic carbocycles. The minimum Gasteiger partial charge on any atom is -0.493 e. The van der Waals surface area contributed by atoms with Gasteiger partial charge in [0, 0.05) is 5.69 Å². The number of carbonyl (C=O) groups excluding carboxylic acids is 4. The maximum Gasteiger partial charge on any atom is 0.335 e. The van der Waals surface area contributed by atoms with Crippen molar-refractivity contribution in [2.24, 2.45) is 0 Å². The molecule has 0 bridgehead atoms. The molecule has 0 saturated carbocycles. The van der Waals surface area contributed by atoms with Gasteiger partial charge in [0.1, 0.15) is 5.57 Å². The second-order valence-corrected chi connectivity index (χ2v) is 10.8. The van der Waals surface area contributed by atoms with Gasteiger partial charge < -0.3 is 14.8 Å². The molecule has 40 heavy (non-hydrogen) atoms. The van der Waals surface area contributed by atoms with E-state index in [1.807, 2.05) is 22.6 Å². The molecule has 2 N–H and O–H groups in total. The molecule has 1 aliphatic rings. The SMILES string of the molecule is COc1cc(/C=C2/C(=O)NC(=O)N(c3ccc(Cl)c(Cl)c3)C2=O)cc(I)c1OCC(=O)Nc1ccc(Cl)c(Cl)c1. The first kappa shape index (κ1) is 29.9. The number of nitrogens with zero attached hydrogens (tertiary/aromatic N) is 1. The van der Waals surface area contributed by atoms with Gasteiger partial charge in [-0.2, -0.15) is 0 Å². The molecule has 0 aromatic heterocycles. The number of benzene rings is 3. The van der Waals surface area contributed by atoms with Crippen LogP contribution in [0.3, 0.4) is 0 Å². The Morgan fingerprint density at radius 1 is 0.975 bits per heavy atom. The van der Waals surface area contributed by atoms with Crippen LogP contribution >= 0.6 is 69.0 Å². The van der Waals surface area contributed by atoms with Crippen molar-refractivity contribution < 1.29 is 28.7 Å². The zero-order valence-electron chi connectivity index (χ0n) is 20.2. The molecule has 1 saturated heterocycles. The average molecular weight is 735 g/mol. The summed E-state index contributed by atoms with van der Waals surface area (Å²) >= 11 is 25.8. The lowest BCUT2D eigenvalue weighted by molar-refractivity contribution is -0.122. The third-order valence-corrected chi connectivity index (χ3v) is 7.66. The van der Waals surface area contributed by atoms with Crippen molar-refractivity contribution in [2.45, 2.75) is 0 Å². The summed E-state index contributed by atoms with van der Waals surface area (Å²) in [6.07, 6.45) is 1.31. The van der Waals surface area contributed by atoms with E-state index in [9.17, 15) is 19.2 Å². The van der Waals surface area contributed by atoms with Crippen LogP contribution in [0.1, 0.15) is 5.56 Å². The van der Waals surface area contributed by atoms with E-state index in [1.54, 1.807) is 18.2 Å². The highest BCUT2D eigenvalue weighted by Gasteiger charge is 2.37. The van der Waals surface area contributed by atoms with E-state index in [4.69, 9.17) is 55.9 Å². The minimum atomic E-state index is -0.930. The lowest BCUT2D eigenvalue weighted by Crippen LogP contribution is -2.54. The molecule has 1 heterocycles. The van der Waals surface area contributed by atoms with Crippen molar-refractivity contribution in [3.05, 3.63) is 83.3 Å². The number of rotatable bonds is 7. The lowest BCUT2D eigenvalue weighted by atomic mass is 10.1. The van der Waals surface area contributed by atoms with Crippen LogP contribution in [0.2, 0.25) is 20.1 Å². The second kappa shape index (κ2) is 12.6. The number of carbonyl (C=O) groups is 4. The molecule has 4 rings (SSSR count). The summed E-state index contributed by atoms with van der Waals surface area (Å²) in [6.45, 7) is -0.353. The van der Waals surface area contributed by atoms with Crippen molar-refractivity contribution in [1.29, 1.82) is 0 Å². The number of urea groups is 1. The van der Waals surface area contributed by atoms with Gasteiger partial charge in [0.25, 0.3) is 17.7 Å². The van der Waals surface area contributed by atoms with E-state index in [0.717, 1.165) is 4.90 Å². The number of ether oxygens (including phenoxy) is 2. The number of anilines is 2. The molecular formula is C26H16Cl4IN3O6. The maximum atomic E-state index is 13.2. The van der Waals surface area contributed by atoms with Crippen molar-refractivity contribution in [3.63, 3.8) is 0 Å². The minimum absolute atomic E-state index is 0.128. The highest BCUT2D eigenvalue weighted by Crippen LogP contribution is 2.35. The summed E-state index contributed by atoms with van der Waals surface area (Å²) in [4.78, 5) is 51.4. The largest absolute Gasteiger partial charge is 0.493 e. The Balaban J connectivity index is 1.56. The lowest BCUT2D eigenvalue weighted by Gasteiger charge is -2.26. The van der Waals surface area contributed by atoms with Crippen molar-refractivity contribution >= 4 is 110 Å². The first-order valence-corrected chi connectivity index (χ1v) is 13.7. The van der Waals surface area contributed by atoms with Gasteiger partial charge in [-0.15, -0.1) is 0 Å². The Morgan fingerprint density at radius 3 is 2.30 bits per heavy atom. The molecular weight excluding hydrogens is 719 g/mol. The molecule has 3 aromatic rings. The number of hydrogen-bond donors (Lipinski definition) is 2. The van der Waals surface area contributed by atoms with E-state index < -0.39 is 23.8 Å². The number of methoxy groups -OCH3 is 1. The summed E-state index contributed by atoms with van der Waals surface area (Å²) in [5, 5.41) is 5.79. The van der Waals surface area contributed by atoms with Gasteiger partial charge in [0.15, 0.2) is 18.1 Å². The number of hydrogen-bond acceptors (Lipinski definition) is 6. The number of barbiturate groups is 1. The Labute approximate surface area is 261 Å². The summed E-state index contributed by atoms with van der Waals surface area (Å²) < 4.78 is 11.6. The zero-order chi connectivity index (χ0) is 29.1. The number of nitrogens with one attached hydrogen (secondary N) is 2. The number of amides is 5. The first-order valence-electron chi connectivity index (χ1n) is 11.1. The summed E-state index contributed by atoms with van der Waals surface area (Å²) in [5.41, 5.74) is 0.662. The zero-order valence-corrected chi connectivity index (χ0v) is 25.4. The van der Waals surface area contributed by atoms with Gasteiger partial charge in [-0.3, -0.25) is 19.7 Å². The third-order valence-electron chi connectivity index (χ3n) is 5.38. The highest BCUT2D eigenvalue weighted by atomic mass is 127. The molecule has 0 aliphatic carbocycles. The fourth-order valence-corrected chi connectivity index (χ4v) is 4.93. The van der Waals surface area contributed by atoms with Crippen molar-refractivity contribution in [2.75, 3.05) is 23.9 Å². The summed E-state index contributed by atoms with van der Waals surface area (Å²) in [5.74, 6) is -1.69. The van der Waals surface area contributed by atoms with Gasteiger partial charge in [-0.25, -0.2) is 9.69 Å². The van der Waals surface area contributed by atoms with E-state index in [-0.39, 0.29) is 44.4 Å². The van der Waals surface area contributed by atoms with E-state index in [2.05, 4.69) is 10.6 Å². The van der Waals surface area contributed by atoms with E-state index in [0.29, 0.717) is 19.8 Å². The molecule has 1 aliphatic heterocycles. The summed E-state index contributed by atoms with van der Waals surface area (Å²) in [6, 6.07) is 11.0. The van der Waals surface area contributed by atoms with Gasteiger partial charge in [0.2, 0.25) is 0 Å². The normalized spacial score (nSPS) is 14.3. The van der Waals surface area contributed by atoms with Crippen molar-refractivity contribution in [3.8, 4) is 11.5 Å². The standard InChI is InChI=1S/C26H16Cl4IN3O6/c1-39-21-8-12(7-20(31)23(21)40-11-22(35)32-13-2-4-16(27)18(29)9-13)6-15-24(36)33-26(38)34(25(15)37)14-3-5-17(28)19(30)10-14/h2-10H,11H2,1H3,(H,32,35)(H,33,36,38)/b15-6-. The second-order valence-electron chi connectivity index (χ2n) is 8.06. The van der Waals surface area contributed by atoms with Crippen LogP contribution in [-0.2, 0) is 14.4 Å². The quantitative estimate of drug-likeness (QED) is 0.161. The Hall–Kier alpha value is -3.03. The molecule has 0 spiro atoms. The third kappa shape index (κ3) is 6.64. The fourth-order valence-electron chi connectivity index (χ4n) is 3.55.